The zero-order chi connectivity index (χ0) is 16.2. The highest BCUT2D eigenvalue weighted by atomic mass is 32.2. The van der Waals surface area contributed by atoms with Crippen molar-refractivity contribution in [1.29, 1.82) is 0 Å². The Balaban J connectivity index is 1.57. The van der Waals surface area contributed by atoms with Crippen LogP contribution in [0.15, 0.2) is 22.8 Å². The van der Waals surface area contributed by atoms with Gasteiger partial charge in [0, 0.05) is 43.4 Å². The number of carbonyl (C=O) groups is 1. The SMILES string of the molecule is CSc1nc(C)c(CC(=O)N2CCN(c3ncccn3)CC2)s1. The number of hydrogen-bond acceptors (Lipinski definition) is 7. The second-order valence-electron chi connectivity index (χ2n) is 5.29. The summed E-state index contributed by atoms with van der Waals surface area (Å²) in [5, 5.41) is 0. The van der Waals surface area contributed by atoms with Gasteiger partial charge in [0.05, 0.1) is 12.1 Å². The molecule has 122 valence electrons. The van der Waals surface area contributed by atoms with Gasteiger partial charge >= 0.3 is 0 Å². The third kappa shape index (κ3) is 3.81. The molecule has 0 radical (unpaired) electrons. The molecule has 0 saturated carbocycles. The number of nitrogens with zero attached hydrogens (tertiary/aromatic N) is 5. The van der Waals surface area contributed by atoms with Gasteiger partial charge in [-0.2, -0.15) is 0 Å². The van der Waals surface area contributed by atoms with Crippen molar-refractivity contribution in [3.63, 3.8) is 0 Å². The smallest absolute Gasteiger partial charge is 0.228 e. The number of anilines is 1. The van der Waals surface area contributed by atoms with Crippen LogP contribution in [-0.4, -0.2) is 58.2 Å². The first-order valence-electron chi connectivity index (χ1n) is 7.47. The Morgan fingerprint density at radius 1 is 1.26 bits per heavy atom. The minimum absolute atomic E-state index is 0.179. The van der Waals surface area contributed by atoms with E-state index in [0.717, 1.165) is 33.9 Å². The van der Waals surface area contributed by atoms with E-state index in [2.05, 4.69) is 19.9 Å². The predicted molar refractivity (Wildman–Crippen MR) is 93.2 cm³/mol. The minimum atomic E-state index is 0.179. The van der Waals surface area contributed by atoms with Gasteiger partial charge in [-0.05, 0) is 19.2 Å². The summed E-state index contributed by atoms with van der Waals surface area (Å²) in [6, 6.07) is 1.81. The molecule has 3 heterocycles. The molecule has 0 atom stereocenters. The van der Waals surface area contributed by atoms with Crippen molar-refractivity contribution in [2.24, 2.45) is 0 Å². The lowest BCUT2D eigenvalue weighted by molar-refractivity contribution is -0.130. The number of thiazole rings is 1. The predicted octanol–water partition coefficient (Wildman–Crippen LogP) is 1.85. The summed E-state index contributed by atoms with van der Waals surface area (Å²) in [6.07, 6.45) is 5.95. The fourth-order valence-corrected chi connectivity index (χ4v) is 4.16. The summed E-state index contributed by atoms with van der Waals surface area (Å²) >= 11 is 3.25. The quantitative estimate of drug-likeness (QED) is 0.785. The van der Waals surface area contributed by atoms with Crippen LogP contribution in [0.5, 0.6) is 0 Å². The second kappa shape index (κ2) is 7.27. The lowest BCUT2D eigenvalue weighted by Gasteiger charge is -2.34. The van der Waals surface area contributed by atoms with Crippen LogP contribution in [0.25, 0.3) is 0 Å². The summed E-state index contributed by atoms with van der Waals surface area (Å²) in [5.74, 6) is 0.917. The number of piperazine rings is 1. The zero-order valence-electron chi connectivity index (χ0n) is 13.2. The highest BCUT2D eigenvalue weighted by molar-refractivity contribution is 8.00. The molecule has 1 fully saturated rings. The molecule has 0 N–H and O–H groups in total. The number of amides is 1. The Hall–Kier alpha value is -1.67. The van der Waals surface area contributed by atoms with E-state index in [0.29, 0.717) is 19.5 Å². The van der Waals surface area contributed by atoms with Gasteiger partial charge in [0.15, 0.2) is 0 Å². The molecule has 2 aromatic rings. The number of carbonyl (C=O) groups excluding carboxylic acids is 1. The number of aryl methyl sites for hydroxylation is 1. The normalized spacial score (nSPS) is 15.0. The lowest BCUT2D eigenvalue weighted by Crippen LogP contribution is -2.49. The van der Waals surface area contributed by atoms with Crippen LogP contribution in [-0.2, 0) is 11.2 Å². The molecule has 1 aliphatic heterocycles. The molecule has 1 aliphatic rings. The summed E-state index contributed by atoms with van der Waals surface area (Å²) in [5.41, 5.74) is 0.976. The Labute approximate surface area is 144 Å². The fraction of sp³-hybridized carbons (Fsp3) is 0.467. The molecular weight excluding hydrogens is 330 g/mol. The summed E-state index contributed by atoms with van der Waals surface area (Å²) in [4.78, 5) is 30.6. The Morgan fingerprint density at radius 3 is 2.57 bits per heavy atom. The molecule has 0 aliphatic carbocycles. The molecule has 6 nitrogen and oxygen atoms in total. The summed E-state index contributed by atoms with van der Waals surface area (Å²) in [6.45, 7) is 4.94. The molecule has 0 bridgehead atoms. The van der Waals surface area contributed by atoms with E-state index < -0.39 is 0 Å². The number of thioether (sulfide) groups is 1. The Kier molecular flexibility index (Phi) is 5.12. The molecule has 0 spiro atoms. The van der Waals surface area contributed by atoms with Gasteiger partial charge in [-0.15, -0.1) is 11.3 Å². The molecule has 3 rings (SSSR count). The standard InChI is InChI=1S/C15H19N5OS2/c1-11-12(23-15(18-11)22-2)10-13(21)19-6-8-20(9-7-19)14-16-4-3-5-17-14/h3-5H,6-10H2,1-2H3. The van der Waals surface area contributed by atoms with Crippen LogP contribution in [0.1, 0.15) is 10.6 Å². The maximum atomic E-state index is 12.5. The molecule has 0 unspecified atom stereocenters. The van der Waals surface area contributed by atoms with Crippen LogP contribution in [0.2, 0.25) is 0 Å². The van der Waals surface area contributed by atoms with E-state index in [1.807, 2.05) is 24.1 Å². The van der Waals surface area contributed by atoms with Gasteiger partial charge in [0.2, 0.25) is 11.9 Å². The first-order valence-corrected chi connectivity index (χ1v) is 9.51. The van der Waals surface area contributed by atoms with Crippen molar-refractivity contribution in [3.8, 4) is 0 Å². The summed E-state index contributed by atoms with van der Waals surface area (Å²) in [7, 11) is 0. The zero-order valence-corrected chi connectivity index (χ0v) is 14.9. The van der Waals surface area contributed by atoms with Crippen LogP contribution in [0, 0.1) is 6.92 Å². The van der Waals surface area contributed by atoms with E-state index in [9.17, 15) is 4.79 Å². The van der Waals surface area contributed by atoms with Crippen molar-refractivity contribution in [2.75, 3.05) is 37.3 Å². The molecule has 0 aromatic carbocycles. The van der Waals surface area contributed by atoms with Crippen molar-refractivity contribution < 1.29 is 4.79 Å². The van der Waals surface area contributed by atoms with Gasteiger partial charge in [0.25, 0.3) is 0 Å². The minimum Gasteiger partial charge on any atom is -0.339 e. The molecule has 1 amide bonds. The van der Waals surface area contributed by atoms with Crippen molar-refractivity contribution in [1.82, 2.24) is 19.9 Å². The topological polar surface area (TPSA) is 62.2 Å². The van der Waals surface area contributed by atoms with Crippen LogP contribution >= 0.6 is 23.1 Å². The fourth-order valence-electron chi connectivity index (χ4n) is 2.51. The summed E-state index contributed by atoms with van der Waals surface area (Å²) < 4.78 is 1.02. The van der Waals surface area contributed by atoms with Gasteiger partial charge < -0.3 is 9.80 Å². The average molecular weight is 349 g/mol. The Bertz CT molecular complexity index is 668. The van der Waals surface area contributed by atoms with Crippen molar-refractivity contribution in [3.05, 3.63) is 29.0 Å². The monoisotopic (exact) mass is 349 g/mol. The first-order chi connectivity index (χ1) is 11.2. The van der Waals surface area contributed by atoms with Crippen LogP contribution in [0.4, 0.5) is 5.95 Å². The van der Waals surface area contributed by atoms with Gasteiger partial charge in [-0.3, -0.25) is 4.79 Å². The lowest BCUT2D eigenvalue weighted by atomic mass is 10.2. The Morgan fingerprint density at radius 2 is 1.96 bits per heavy atom. The largest absolute Gasteiger partial charge is 0.339 e. The molecule has 2 aromatic heterocycles. The van der Waals surface area contributed by atoms with Crippen molar-refractivity contribution >= 4 is 35.0 Å². The number of aromatic nitrogens is 3. The third-order valence-corrected chi connectivity index (χ3v) is 5.97. The van der Waals surface area contributed by atoms with E-state index in [1.54, 1.807) is 35.5 Å². The molecule has 8 heteroatoms. The molecule has 23 heavy (non-hydrogen) atoms. The van der Waals surface area contributed by atoms with E-state index in [-0.39, 0.29) is 5.91 Å². The highest BCUT2D eigenvalue weighted by Crippen LogP contribution is 2.26. The molecule has 1 saturated heterocycles. The maximum Gasteiger partial charge on any atom is 0.228 e. The van der Waals surface area contributed by atoms with E-state index in [1.165, 1.54) is 0 Å². The highest BCUT2D eigenvalue weighted by Gasteiger charge is 2.23. The third-order valence-electron chi connectivity index (χ3n) is 3.83. The van der Waals surface area contributed by atoms with Gasteiger partial charge in [0.1, 0.15) is 4.34 Å². The van der Waals surface area contributed by atoms with Crippen LogP contribution < -0.4 is 4.90 Å². The van der Waals surface area contributed by atoms with Crippen LogP contribution in [0.3, 0.4) is 0 Å². The second-order valence-corrected chi connectivity index (χ2v) is 7.42. The number of rotatable bonds is 4. The average Bonchev–Trinajstić information content (AvgIpc) is 2.96. The van der Waals surface area contributed by atoms with Gasteiger partial charge in [-0.1, -0.05) is 11.8 Å². The van der Waals surface area contributed by atoms with Gasteiger partial charge in [-0.25, -0.2) is 15.0 Å². The number of hydrogen-bond donors (Lipinski definition) is 0. The molecular formula is C15H19N5OS2. The maximum absolute atomic E-state index is 12.5. The van der Waals surface area contributed by atoms with E-state index in [4.69, 9.17) is 0 Å². The van der Waals surface area contributed by atoms with Crippen molar-refractivity contribution in [2.45, 2.75) is 17.7 Å². The first kappa shape index (κ1) is 16.2. The van der Waals surface area contributed by atoms with E-state index >= 15 is 0 Å².